The maximum Gasteiger partial charge on any atom is 0.501 e. The molecule has 174 valence electrons. The topological polar surface area (TPSA) is 73.9 Å². The van der Waals surface area contributed by atoms with Gasteiger partial charge >= 0.3 is 7.12 Å². The van der Waals surface area contributed by atoms with Crippen molar-refractivity contribution < 1.29 is 35.6 Å². The van der Waals surface area contributed by atoms with Gasteiger partial charge in [0.1, 0.15) is 17.7 Å². The Kier molecular flexibility index (Phi) is 6.31. The average Bonchev–Trinajstić information content (AvgIpc) is 2.84. The monoisotopic (exact) mass is 471 g/mol. The van der Waals surface area contributed by atoms with Gasteiger partial charge in [-0.25, -0.2) is 21.6 Å². The third-order valence-corrected chi connectivity index (χ3v) is 6.22. The quantitative estimate of drug-likeness (QED) is 0.647. The average molecular weight is 471 g/mol. The van der Waals surface area contributed by atoms with Crippen LogP contribution < -0.4 is 14.9 Å². The summed E-state index contributed by atoms with van der Waals surface area (Å²) in [5, 5.41) is 0. The number of hydrogen-bond donors (Lipinski definition) is 1. The Labute approximate surface area is 186 Å². The van der Waals surface area contributed by atoms with Crippen LogP contribution in [0.5, 0.6) is 5.75 Å². The summed E-state index contributed by atoms with van der Waals surface area (Å²) in [4.78, 5) is 0. The summed E-state index contributed by atoms with van der Waals surface area (Å²) in [6.07, 6.45) is 0.0276. The second kappa shape index (κ2) is 8.28. The second-order valence-electron chi connectivity index (χ2n) is 8.74. The number of nitrogens with one attached hydrogen (secondary N) is 1. The van der Waals surface area contributed by atoms with E-state index in [-0.39, 0.29) is 0 Å². The molecule has 1 fully saturated rings. The molecule has 1 aliphatic heterocycles. The van der Waals surface area contributed by atoms with Crippen molar-refractivity contribution >= 4 is 28.3 Å². The lowest BCUT2D eigenvalue weighted by Gasteiger charge is -2.32. The van der Waals surface area contributed by atoms with Gasteiger partial charge in [0.05, 0.1) is 28.6 Å². The fraction of sp³-hybridized carbons (Fsp3) is 0.429. The molecule has 1 unspecified atom stereocenters. The summed E-state index contributed by atoms with van der Waals surface area (Å²) < 4.78 is 86.8. The molecule has 0 spiro atoms. The van der Waals surface area contributed by atoms with Crippen LogP contribution >= 0.6 is 0 Å². The highest BCUT2D eigenvalue weighted by molar-refractivity contribution is 7.92. The van der Waals surface area contributed by atoms with Crippen LogP contribution in [-0.4, -0.2) is 33.0 Å². The van der Waals surface area contributed by atoms with Crippen LogP contribution in [0, 0.1) is 17.5 Å². The van der Waals surface area contributed by atoms with Crippen molar-refractivity contribution in [2.75, 3.05) is 11.0 Å². The standard InChI is InChI=1S/C21H25BF3NO5S/c1-12(13-7-9-14(23)10-8-13)29-19-16(26-32(6,27)28)11-15(24)17(18(19)25)22-30-20(2,3)21(4,5)31-22/h7-12,26H,1-6H3. The Morgan fingerprint density at radius 2 is 1.56 bits per heavy atom. The SMILES string of the molecule is CC(Oc1c(NS(C)(=O)=O)cc(F)c(B2OC(C)(C)C(C)(C)O2)c1F)c1ccc(F)cc1. The highest BCUT2D eigenvalue weighted by Crippen LogP contribution is 2.39. The molecule has 1 aliphatic rings. The molecule has 0 radical (unpaired) electrons. The highest BCUT2D eigenvalue weighted by atomic mass is 32.2. The molecule has 0 amide bonds. The lowest BCUT2D eigenvalue weighted by atomic mass is 9.77. The first-order valence-corrected chi connectivity index (χ1v) is 11.8. The Balaban J connectivity index is 2.08. The first-order chi connectivity index (χ1) is 14.6. The number of halogens is 3. The Morgan fingerprint density at radius 3 is 2.06 bits per heavy atom. The predicted octanol–water partition coefficient (Wildman–Crippen LogP) is 3.91. The van der Waals surface area contributed by atoms with Gasteiger partial charge in [-0.15, -0.1) is 0 Å². The van der Waals surface area contributed by atoms with E-state index in [0.29, 0.717) is 5.56 Å². The van der Waals surface area contributed by atoms with E-state index in [1.807, 2.05) is 0 Å². The summed E-state index contributed by atoms with van der Waals surface area (Å²) in [5.74, 6) is -3.22. The lowest BCUT2D eigenvalue weighted by Crippen LogP contribution is -2.41. The Bertz CT molecular complexity index is 1110. The first kappa shape index (κ1) is 24.4. The molecule has 0 bridgehead atoms. The third-order valence-electron chi connectivity index (χ3n) is 5.63. The van der Waals surface area contributed by atoms with Crippen LogP contribution in [-0.2, 0) is 19.3 Å². The maximum atomic E-state index is 15.6. The lowest BCUT2D eigenvalue weighted by molar-refractivity contribution is 0.00578. The van der Waals surface area contributed by atoms with E-state index < -0.39 is 68.8 Å². The zero-order chi connectivity index (χ0) is 24.1. The molecule has 0 aromatic heterocycles. The fourth-order valence-corrected chi connectivity index (χ4v) is 3.71. The van der Waals surface area contributed by atoms with E-state index in [1.54, 1.807) is 34.6 Å². The van der Waals surface area contributed by atoms with E-state index in [0.717, 1.165) is 12.3 Å². The van der Waals surface area contributed by atoms with Gasteiger partial charge in [-0.1, -0.05) is 12.1 Å². The van der Waals surface area contributed by atoms with Gasteiger partial charge in [0, 0.05) is 6.07 Å². The maximum absolute atomic E-state index is 15.6. The van der Waals surface area contributed by atoms with Crippen molar-refractivity contribution in [2.45, 2.75) is 51.9 Å². The molecular formula is C21H25BF3NO5S. The molecule has 1 heterocycles. The number of rotatable bonds is 6. The van der Waals surface area contributed by atoms with Gasteiger partial charge in [0.2, 0.25) is 10.0 Å². The minimum atomic E-state index is -3.88. The minimum absolute atomic E-state index is 0.420. The molecule has 1 N–H and O–H groups in total. The van der Waals surface area contributed by atoms with E-state index in [9.17, 15) is 17.2 Å². The molecule has 0 saturated carbocycles. The normalized spacial score (nSPS) is 18.5. The van der Waals surface area contributed by atoms with Crippen LogP contribution in [0.15, 0.2) is 30.3 Å². The van der Waals surface area contributed by atoms with Gasteiger partial charge in [-0.3, -0.25) is 4.72 Å². The molecule has 32 heavy (non-hydrogen) atoms. The van der Waals surface area contributed by atoms with E-state index in [2.05, 4.69) is 4.72 Å². The molecule has 3 rings (SSSR count). The molecule has 11 heteroatoms. The van der Waals surface area contributed by atoms with Gasteiger partial charge in [-0.2, -0.15) is 0 Å². The van der Waals surface area contributed by atoms with Crippen LogP contribution in [0.2, 0.25) is 0 Å². The Hall–Kier alpha value is -2.24. The van der Waals surface area contributed by atoms with Crippen molar-refractivity contribution in [1.29, 1.82) is 0 Å². The van der Waals surface area contributed by atoms with Crippen molar-refractivity contribution in [1.82, 2.24) is 0 Å². The van der Waals surface area contributed by atoms with Crippen LogP contribution in [0.4, 0.5) is 18.9 Å². The van der Waals surface area contributed by atoms with Crippen molar-refractivity contribution in [3.8, 4) is 5.75 Å². The van der Waals surface area contributed by atoms with Crippen LogP contribution in [0.1, 0.15) is 46.3 Å². The van der Waals surface area contributed by atoms with Gasteiger partial charge < -0.3 is 14.0 Å². The summed E-state index contributed by atoms with van der Waals surface area (Å²) in [6.45, 7) is 8.49. The predicted molar refractivity (Wildman–Crippen MR) is 116 cm³/mol. The molecule has 2 aromatic carbocycles. The number of sulfonamides is 1. The largest absolute Gasteiger partial charge is 0.501 e. The summed E-state index contributed by atoms with van der Waals surface area (Å²) in [5.41, 5.74) is -2.18. The number of anilines is 1. The highest BCUT2D eigenvalue weighted by Gasteiger charge is 2.53. The van der Waals surface area contributed by atoms with Crippen LogP contribution in [0.3, 0.4) is 0 Å². The van der Waals surface area contributed by atoms with Crippen molar-refractivity contribution in [3.63, 3.8) is 0 Å². The fourth-order valence-electron chi connectivity index (χ4n) is 3.16. The summed E-state index contributed by atoms with van der Waals surface area (Å²) >= 11 is 0. The van der Waals surface area contributed by atoms with Crippen molar-refractivity contribution in [2.24, 2.45) is 0 Å². The van der Waals surface area contributed by atoms with Gasteiger partial charge in [-0.05, 0) is 52.3 Å². The molecule has 1 atom stereocenters. The minimum Gasteiger partial charge on any atom is -0.481 e. The molecule has 1 saturated heterocycles. The molecule has 2 aromatic rings. The van der Waals surface area contributed by atoms with Crippen LogP contribution in [0.25, 0.3) is 0 Å². The number of hydrogen-bond acceptors (Lipinski definition) is 5. The number of ether oxygens (including phenoxy) is 1. The van der Waals surface area contributed by atoms with E-state index in [4.69, 9.17) is 14.0 Å². The first-order valence-electron chi connectivity index (χ1n) is 9.89. The second-order valence-corrected chi connectivity index (χ2v) is 10.5. The van der Waals surface area contributed by atoms with Gasteiger partial charge in [0.25, 0.3) is 0 Å². The van der Waals surface area contributed by atoms with E-state index in [1.165, 1.54) is 24.3 Å². The van der Waals surface area contributed by atoms with E-state index >= 15 is 4.39 Å². The van der Waals surface area contributed by atoms with Crippen molar-refractivity contribution in [3.05, 3.63) is 53.3 Å². The molecule has 0 aliphatic carbocycles. The molecular weight excluding hydrogens is 446 g/mol. The molecule has 6 nitrogen and oxygen atoms in total. The van der Waals surface area contributed by atoms with Gasteiger partial charge in [0.15, 0.2) is 11.6 Å². The Morgan fingerprint density at radius 1 is 1.03 bits per heavy atom. The zero-order valence-electron chi connectivity index (χ0n) is 18.6. The number of benzene rings is 2. The summed E-state index contributed by atoms with van der Waals surface area (Å²) in [7, 11) is -5.26. The summed E-state index contributed by atoms with van der Waals surface area (Å²) in [6, 6.07) is 6.13. The smallest absolute Gasteiger partial charge is 0.481 e. The third kappa shape index (κ3) is 4.89. The zero-order valence-corrected chi connectivity index (χ0v) is 19.4.